The van der Waals surface area contributed by atoms with Crippen molar-refractivity contribution in [3.8, 4) is 6.07 Å². The Morgan fingerprint density at radius 1 is 1.35 bits per heavy atom. The fourth-order valence-electron chi connectivity index (χ4n) is 2.37. The van der Waals surface area contributed by atoms with Crippen molar-refractivity contribution in [1.82, 2.24) is 4.72 Å². The molecular formula is C12H22N2O2S. The lowest BCUT2D eigenvalue weighted by molar-refractivity contribution is 0.383. The van der Waals surface area contributed by atoms with E-state index in [1.165, 1.54) is 6.42 Å². The van der Waals surface area contributed by atoms with Crippen LogP contribution >= 0.6 is 0 Å². The molecule has 0 heterocycles. The van der Waals surface area contributed by atoms with Crippen LogP contribution in [0.4, 0.5) is 0 Å². The summed E-state index contributed by atoms with van der Waals surface area (Å²) in [4.78, 5) is 0. The molecule has 0 aromatic carbocycles. The quantitative estimate of drug-likeness (QED) is 0.793. The van der Waals surface area contributed by atoms with Crippen molar-refractivity contribution in [2.75, 3.05) is 5.75 Å². The zero-order valence-electron chi connectivity index (χ0n) is 10.5. The highest BCUT2D eigenvalue weighted by molar-refractivity contribution is 7.89. The van der Waals surface area contributed by atoms with Crippen molar-refractivity contribution in [2.24, 2.45) is 5.92 Å². The minimum Gasteiger partial charge on any atom is -0.212 e. The van der Waals surface area contributed by atoms with Crippen LogP contribution in [-0.2, 0) is 10.0 Å². The first-order valence-electron chi connectivity index (χ1n) is 6.47. The van der Waals surface area contributed by atoms with Crippen LogP contribution in [0.3, 0.4) is 0 Å². The molecule has 0 bridgehead atoms. The molecule has 1 fully saturated rings. The average Bonchev–Trinajstić information content (AvgIpc) is 2.29. The predicted molar refractivity (Wildman–Crippen MR) is 67.8 cm³/mol. The second-order valence-corrected chi connectivity index (χ2v) is 6.67. The van der Waals surface area contributed by atoms with Crippen LogP contribution in [0.15, 0.2) is 0 Å². The van der Waals surface area contributed by atoms with Crippen LogP contribution in [0.2, 0.25) is 0 Å². The van der Waals surface area contributed by atoms with Gasteiger partial charge in [0, 0.05) is 0 Å². The first-order chi connectivity index (χ1) is 8.07. The van der Waals surface area contributed by atoms with Gasteiger partial charge in [-0.1, -0.05) is 32.6 Å². The van der Waals surface area contributed by atoms with Gasteiger partial charge in [-0.25, -0.2) is 8.42 Å². The summed E-state index contributed by atoms with van der Waals surface area (Å²) in [7, 11) is -3.29. The molecule has 0 aromatic rings. The molecule has 0 aromatic heterocycles. The molecule has 1 rings (SSSR count). The zero-order valence-corrected chi connectivity index (χ0v) is 11.3. The third-order valence-electron chi connectivity index (χ3n) is 3.23. The number of hydrogen-bond donors (Lipinski definition) is 1. The number of nitrogens with zero attached hydrogens (tertiary/aromatic N) is 1. The molecule has 0 spiro atoms. The summed E-state index contributed by atoms with van der Waals surface area (Å²) < 4.78 is 26.3. The topological polar surface area (TPSA) is 70.0 Å². The molecule has 98 valence electrons. The van der Waals surface area contributed by atoms with Crippen molar-refractivity contribution in [2.45, 2.75) is 57.9 Å². The lowest BCUT2D eigenvalue weighted by atomic mass is 9.91. The molecule has 1 aliphatic carbocycles. The van der Waals surface area contributed by atoms with E-state index in [9.17, 15) is 8.42 Å². The van der Waals surface area contributed by atoms with E-state index in [1.807, 2.05) is 13.0 Å². The molecule has 1 N–H and O–H groups in total. The molecule has 4 nitrogen and oxygen atoms in total. The molecule has 1 unspecified atom stereocenters. The van der Waals surface area contributed by atoms with Gasteiger partial charge >= 0.3 is 0 Å². The van der Waals surface area contributed by atoms with Crippen LogP contribution in [0.25, 0.3) is 0 Å². The Bertz CT molecular complexity index is 353. The lowest BCUT2D eigenvalue weighted by Gasteiger charge is -2.22. The number of sulfonamides is 1. The summed E-state index contributed by atoms with van der Waals surface area (Å²) in [6.45, 7) is 1.94. The van der Waals surface area contributed by atoms with Gasteiger partial charge in [-0.15, -0.1) is 0 Å². The lowest BCUT2D eigenvalue weighted by Crippen LogP contribution is -2.37. The van der Waals surface area contributed by atoms with Crippen molar-refractivity contribution >= 4 is 10.0 Å². The van der Waals surface area contributed by atoms with E-state index in [-0.39, 0.29) is 11.7 Å². The highest BCUT2D eigenvalue weighted by atomic mass is 32.2. The second-order valence-electron chi connectivity index (χ2n) is 4.87. The largest absolute Gasteiger partial charge is 0.213 e. The van der Waals surface area contributed by atoms with E-state index in [0.29, 0.717) is 6.42 Å². The third-order valence-corrected chi connectivity index (χ3v) is 4.79. The van der Waals surface area contributed by atoms with E-state index in [2.05, 4.69) is 4.72 Å². The van der Waals surface area contributed by atoms with Crippen molar-refractivity contribution in [3.63, 3.8) is 0 Å². The number of hydrogen-bond acceptors (Lipinski definition) is 3. The Morgan fingerprint density at radius 3 is 2.53 bits per heavy atom. The summed E-state index contributed by atoms with van der Waals surface area (Å²) in [6, 6.07) is 1.44. The van der Waals surface area contributed by atoms with Gasteiger partial charge < -0.3 is 0 Å². The van der Waals surface area contributed by atoms with E-state index >= 15 is 0 Å². The van der Waals surface area contributed by atoms with Gasteiger partial charge in [0.05, 0.1) is 11.8 Å². The molecule has 0 saturated heterocycles. The smallest absolute Gasteiger partial charge is 0.212 e. The molecule has 1 saturated carbocycles. The molecule has 1 aliphatic rings. The number of nitriles is 1. The van der Waals surface area contributed by atoms with Gasteiger partial charge in [0.25, 0.3) is 0 Å². The SMILES string of the molecule is CCCC(C#N)NS(=O)(=O)CC1CCCCC1. The van der Waals surface area contributed by atoms with Gasteiger partial charge in [-0.3, -0.25) is 0 Å². The molecule has 5 heteroatoms. The van der Waals surface area contributed by atoms with Gasteiger partial charge in [-0.05, 0) is 25.2 Å². The highest BCUT2D eigenvalue weighted by Crippen LogP contribution is 2.24. The normalized spacial score (nSPS) is 19.8. The predicted octanol–water partition coefficient (Wildman–Crippen LogP) is 2.18. The maximum absolute atomic E-state index is 11.9. The third kappa shape index (κ3) is 5.51. The second kappa shape index (κ2) is 6.97. The van der Waals surface area contributed by atoms with Crippen molar-refractivity contribution in [3.05, 3.63) is 0 Å². The van der Waals surface area contributed by atoms with Crippen LogP contribution in [0.1, 0.15) is 51.9 Å². The highest BCUT2D eigenvalue weighted by Gasteiger charge is 2.23. The van der Waals surface area contributed by atoms with Gasteiger partial charge in [0.2, 0.25) is 10.0 Å². The molecule has 0 aliphatic heterocycles. The van der Waals surface area contributed by atoms with Crippen LogP contribution < -0.4 is 4.72 Å². The molecule has 1 atom stereocenters. The molecule has 0 amide bonds. The van der Waals surface area contributed by atoms with E-state index in [4.69, 9.17) is 5.26 Å². The Morgan fingerprint density at radius 2 is 2.00 bits per heavy atom. The minimum absolute atomic E-state index is 0.189. The van der Waals surface area contributed by atoms with Crippen LogP contribution in [-0.4, -0.2) is 20.2 Å². The standard InChI is InChI=1S/C12H22N2O2S/c1-2-6-12(9-13)14-17(15,16)10-11-7-4-3-5-8-11/h11-12,14H,2-8,10H2,1H3. The van der Waals surface area contributed by atoms with E-state index < -0.39 is 16.1 Å². The monoisotopic (exact) mass is 258 g/mol. The van der Waals surface area contributed by atoms with Crippen molar-refractivity contribution in [1.29, 1.82) is 5.26 Å². The van der Waals surface area contributed by atoms with Crippen LogP contribution in [0.5, 0.6) is 0 Å². The summed E-state index contributed by atoms with van der Waals surface area (Å²) >= 11 is 0. The summed E-state index contributed by atoms with van der Waals surface area (Å²) in [6.07, 6.45) is 6.90. The molecule has 17 heavy (non-hydrogen) atoms. The average molecular weight is 258 g/mol. The maximum atomic E-state index is 11.9. The Kier molecular flexibility index (Phi) is 5.93. The minimum atomic E-state index is -3.29. The van der Waals surface area contributed by atoms with Crippen molar-refractivity contribution < 1.29 is 8.42 Å². The first-order valence-corrected chi connectivity index (χ1v) is 8.12. The Balaban J connectivity index is 2.47. The number of rotatable bonds is 6. The Labute approximate surface area is 104 Å². The maximum Gasteiger partial charge on any atom is 0.213 e. The van der Waals surface area contributed by atoms with Crippen LogP contribution in [0, 0.1) is 17.2 Å². The first kappa shape index (κ1) is 14.5. The fourth-order valence-corrected chi connectivity index (χ4v) is 4.02. The molecule has 0 radical (unpaired) electrons. The zero-order chi connectivity index (χ0) is 12.7. The van der Waals surface area contributed by atoms with E-state index in [1.54, 1.807) is 0 Å². The summed E-state index contributed by atoms with van der Waals surface area (Å²) in [5, 5.41) is 8.85. The molecular weight excluding hydrogens is 236 g/mol. The van der Waals surface area contributed by atoms with Gasteiger partial charge in [0.15, 0.2) is 0 Å². The van der Waals surface area contributed by atoms with Gasteiger partial charge in [0.1, 0.15) is 6.04 Å². The summed E-state index contributed by atoms with van der Waals surface area (Å²) in [5.41, 5.74) is 0. The fraction of sp³-hybridized carbons (Fsp3) is 0.917. The summed E-state index contributed by atoms with van der Waals surface area (Å²) in [5.74, 6) is 0.469. The van der Waals surface area contributed by atoms with Gasteiger partial charge in [-0.2, -0.15) is 9.98 Å². The Hall–Kier alpha value is -0.600. The number of nitrogens with one attached hydrogen (secondary N) is 1. The van der Waals surface area contributed by atoms with E-state index in [0.717, 1.165) is 32.1 Å².